The van der Waals surface area contributed by atoms with Crippen molar-refractivity contribution < 1.29 is 32.3 Å². The lowest BCUT2D eigenvalue weighted by Crippen LogP contribution is -2.36. The molecule has 0 fully saturated rings. The molecule has 1 aliphatic heterocycles. The van der Waals surface area contributed by atoms with Gasteiger partial charge in [0.2, 0.25) is 5.91 Å². The van der Waals surface area contributed by atoms with Crippen LogP contribution in [-0.2, 0) is 14.6 Å². The third-order valence-electron chi connectivity index (χ3n) is 4.74. The molecular weight excluding hydrogens is 444 g/mol. The number of nitrogens with zero attached hydrogens (tertiary/aromatic N) is 1. The number of anilines is 1. The summed E-state index contributed by atoms with van der Waals surface area (Å²) in [6.07, 6.45) is 1.05. The Morgan fingerprint density at radius 3 is 2.52 bits per heavy atom. The van der Waals surface area contributed by atoms with Crippen molar-refractivity contribution in [1.82, 2.24) is 4.90 Å². The fourth-order valence-electron chi connectivity index (χ4n) is 3.33. The number of rotatable bonds is 8. The average molecular weight is 467 g/mol. The molecule has 31 heavy (non-hydrogen) atoms. The molecule has 0 aliphatic carbocycles. The lowest BCUT2D eigenvalue weighted by Gasteiger charge is -2.23. The summed E-state index contributed by atoms with van der Waals surface area (Å²) in [7, 11) is -2.24. The third-order valence-corrected chi connectivity index (χ3v) is 7.09. The van der Waals surface area contributed by atoms with Crippen molar-refractivity contribution in [2.75, 3.05) is 31.8 Å². The van der Waals surface area contributed by atoms with Crippen molar-refractivity contribution in [1.29, 1.82) is 0 Å². The van der Waals surface area contributed by atoms with Gasteiger partial charge in [-0.1, -0.05) is 6.07 Å². The SMILES string of the molecule is CCOc1cc([C@H](CN2C(=O)c3csc(NC(C)=O)c3C2=O)S(C)(=O)=O)ccc1OC. The van der Waals surface area contributed by atoms with E-state index in [-0.39, 0.29) is 28.6 Å². The maximum atomic E-state index is 13.0. The Balaban J connectivity index is 1.97. The van der Waals surface area contributed by atoms with E-state index < -0.39 is 26.9 Å². The van der Waals surface area contributed by atoms with Crippen LogP contribution in [0.1, 0.15) is 45.4 Å². The zero-order chi connectivity index (χ0) is 22.9. The molecule has 1 N–H and O–H groups in total. The van der Waals surface area contributed by atoms with E-state index in [0.717, 1.165) is 22.5 Å². The van der Waals surface area contributed by atoms with Crippen LogP contribution in [0.4, 0.5) is 5.00 Å². The summed E-state index contributed by atoms with van der Waals surface area (Å²) in [4.78, 5) is 38.1. The molecule has 1 atom stereocenters. The highest BCUT2D eigenvalue weighted by Crippen LogP contribution is 2.38. The number of carbonyl (C=O) groups is 3. The number of thiophene rings is 1. The number of methoxy groups -OCH3 is 1. The van der Waals surface area contributed by atoms with Crippen LogP contribution in [0.2, 0.25) is 0 Å². The van der Waals surface area contributed by atoms with E-state index in [1.165, 1.54) is 25.5 Å². The van der Waals surface area contributed by atoms with Gasteiger partial charge in [0.05, 0.1) is 31.4 Å². The highest BCUT2D eigenvalue weighted by molar-refractivity contribution is 7.91. The van der Waals surface area contributed by atoms with Crippen LogP contribution in [-0.4, -0.2) is 57.6 Å². The topological polar surface area (TPSA) is 119 Å². The Hall–Kier alpha value is -2.92. The van der Waals surface area contributed by atoms with E-state index in [1.54, 1.807) is 19.1 Å². The zero-order valence-corrected chi connectivity index (χ0v) is 19.1. The molecule has 1 aliphatic rings. The lowest BCUT2D eigenvalue weighted by atomic mass is 10.1. The summed E-state index contributed by atoms with van der Waals surface area (Å²) in [5.74, 6) is -0.814. The average Bonchev–Trinajstić information content (AvgIpc) is 3.19. The predicted octanol–water partition coefficient (Wildman–Crippen LogP) is 2.50. The molecule has 0 spiro atoms. The maximum absolute atomic E-state index is 13.0. The summed E-state index contributed by atoms with van der Waals surface area (Å²) in [6, 6.07) is 4.69. The van der Waals surface area contributed by atoms with Crippen molar-refractivity contribution in [2.24, 2.45) is 0 Å². The summed E-state index contributed by atoms with van der Waals surface area (Å²) >= 11 is 1.07. The molecule has 1 aromatic carbocycles. The minimum atomic E-state index is -3.71. The fraction of sp³-hybridized carbons (Fsp3) is 0.350. The van der Waals surface area contributed by atoms with Gasteiger partial charge in [-0.05, 0) is 24.6 Å². The van der Waals surface area contributed by atoms with Gasteiger partial charge in [0.25, 0.3) is 11.8 Å². The summed E-state index contributed by atoms with van der Waals surface area (Å²) in [5.41, 5.74) is 0.599. The van der Waals surface area contributed by atoms with Crippen LogP contribution < -0.4 is 14.8 Å². The van der Waals surface area contributed by atoms with Gasteiger partial charge in [0, 0.05) is 18.6 Å². The molecule has 0 unspecified atom stereocenters. The summed E-state index contributed by atoms with van der Waals surface area (Å²) in [5, 5.41) is 3.12. The van der Waals surface area contributed by atoms with Crippen molar-refractivity contribution >= 4 is 43.9 Å². The number of ether oxygens (including phenoxy) is 2. The van der Waals surface area contributed by atoms with Gasteiger partial charge in [-0.2, -0.15) is 0 Å². The second-order valence-electron chi connectivity index (χ2n) is 6.92. The largest absolute Gasteiger partial charge is 0.493 e. The van der Waals surface area contributed by atoms with Gasteiger partial charge in [-0.15, -0.1) is 11.3 Å². The van der Waals surface area contributed by atoms with Crippen molar-refractivity contribution in [3.63, 3.8) is 0 Å². The first-order valence-corrected chi connectivity index (χ1v) is 12.2. The van der Waals surface area contributed by atoms with E-state index in [4.69, 9.17) is 9.47 Å². The summed E-state index contributed by atoms with van der Waals surface area (Å²) < 4.78 is 36.0. The molecule has 0 bridgehead atoms. The Morgan fingerprint density at radius 1 is 1.23 bits per heavy atom. The molecule has 2 heterocycles. The molecule has 9 nitrogen and oxygen atoms in total. The van der Waals surface area contributed by atoms with Crippen LogP contribution in [0.25, 0.3) is 0 Å². The van der Waals surface area contributed by atoms with Gasteiger partial charge in [0.1, 0.15) is 10.3 Å². The van der Waals surface area contributed by atoms with Gasteiger partial charge < -0.3 is 14.8 Å². The number of hydrogen-bond acceptors (Lipinski definition) is 8. The van der Waals surface area contributed by atoms with Crippen LogP contribution in [0.15, 0.2) is 23.6 Å². The highest BCUT2D eigenvalue weighted by Gasteiger charge is 2.42. The van der Waals surface area contributed by atoms with E-state index in [0.29, 0.717) is 23.7 Å². The van der Waals surface area contributed by atoms with Crippen molar-refractivity contribution in [3.05, 3.63) is 40.3 Å². The number of sulfone groups is 1. The molecule has 3 amide bonds. The minimum absolute atomic E-state index is 0.0854. The number of amides is 3. The van der Waals surface area contributed by atoms with Gasteiger partial charge in [0.15, 0.2) is 21.3 Å². The van der Waals surface area contributed by atoms with Crippen LogP contribution in [0, 0.1) is 0 Å². The second kappa shape index (κ2) is 8.67. The molecule has 11 heteroatoms. The van der Waals surface area contributed by atoms with Crippen LogP contribution in [0.3, 0.4) is 0 Å². The minimum Gasteiger partial charge on any atom is -0.493 e. The number of carbonyl (C=O) groups excluding carboxylic acids is 3. The van der Waals surface area contributed by atoms with E-state index >= 15 is 0 Å². The Kier molecular flexibility index (Phi) is 6.37. The predicted molar refractivity (Wildman–Crippen MR) is 116 cm³/mol. The van der Waals surface area contributed by atoms with E-state index in [1.807, 2.05) is 0 Å². The zero-order valence-electron chi connectivity index (χ0n) is 17.4. The first kappa shape index (κ1) is 22.8. The lowest BCUT2D eigenvalue weighted by molar-refractivity contribution is -0.114. The van der Waals surface area contributed by atoms with Crippen molar-refractivity contribution in [2.45, 2.75) is 19.1 Å². The Morgan fingerprint density at radius 2 is 1.94 bits per heavy atom. The first-order chi connectivity index (χ1) is 14.6. The Labute approximate surface area is 183 Å². The second-order valence-corrected chi connectivity index (χ2v) is 10.0. The molecule has 0 saturated carbocycles. The number of nitrogens with one attached hydrogen (secondary N) is 1. The maximum Gasteiger partial charge on any atom is 0.264 e. The molecule has 2 aromatic rings. The molecule has 166 valence electrons. The van der Waals surface area contributed by atoms with Gasteiger partial charge >= 0.3 is 0 Å². The number of hydrogen-bond donors (Lipinski definition) is 1. The van der Waals surface area contributed by atoms with E-state index in [2.05, 4.69) is 5.32 Å². The number of benzene rings is 1. The summed E-state index contributed by atoms with van der Waals surface area (Å²) in [6.45, 7) is 3.06. The Bertz CT molecular complexity index is 1150. The monoisotopic (exact) mass is 466 g/mol. The quantitative estimate of drug-likeness (QED) is 0.594. The van der Waals surface area contributed by atoms with Crippen molar-refractivity contribution in [3.8, 4) is 11.5 Å². The van der Waals surface area contributed by atoms with Gasteiger partial charge in [-0.25, -0.2) is 8.42 Å². The fourth-order valence-corrected chi connectivity index (χ4v) is 5.37. The van der Waals surface area contributed by atoms with Crippen LogP contribution in [0.5, 0.6) is 11.5 Å². The third kappa shape index (κ3) is 4.42. The first-order valence-electron chi connectivity index (χ1n) is 9.33. The van der Waals surface area contributed by atoms with E-state index in [9.17, 15) is 22.8 Å². The molecule has 0 saturated heterocycles. The number of fused-ring (bicyclic) bond motifs is 1. The standard InChI is InChI=1S/C20H22N2O7S2/c1-5-29-15-8-12(6-7-14(15)28-3)16(31(4,26)27)9-22-19(24)13-10-30-18(21-11(2)23)17(13)20(22)25/h6-8,10,16H,5,9H2,1-4H3,(H,21,23)/t16-/m0/s1. The number of imide groups is 1. The normalized spacial score (nSPS) is 14.4. The van der Waals surface area contributed by atoms with Crippen LogP contribution >= 0.6 is 11.3 Å². The highest BCUT2D eigenvalue weighted by atomic mass is 32.2. The molecule has 0 radical (unpaired) electrons. The molecular formula is C20H22N2O7S2. The molecule has 3 rings (SSSR count). The molecule has 1 aromatic heterocycles. The smallest absolute Gasteiger partial charge is 0.264 e. The van der Waals surface area contributed by atoms with Gasteiger partial charge in [-0.3, -0.25) is 19.3 Å².